The maximum Gasteiger partial charge on any atom is 0.0233 e. The van der Waals surface area contributed by atoms with Crippen LogP contribution in [0.1, 0.15) is 24.0 Å². The Morgan fingerprint density at radius 1 is 1.35 bits per heavy atom. The summed E-state index contributed by atoms with van der Waals surface area (Å²) in [7, 11) is 0. The summed E-state index contributed by atoms with van der Waals surface area (Å²) in [6.07, 6.45) is 2.70. The van der Waals surface area contributed by atoms with Crippen LogP contribution in [0.3, 0.4) is 0 Å². The average Bonchev–Trinajstić information content (AvgIpc) is 2.76. The molecule has 17 heavy (non-hydrogen) atoms. The Bertz CT molecular complexity index is 388. The van der Waals surface area contributed by atoms with Gasteiger partial charge in [0.15, 0.2) is 0 Å². The topological polar surface area (TPSA) is 15.3 Å². The van der Waals surface area contributed by atoms with Crippen LogP contribution in [-0.2, 0) is 6.54 Å². The molecule has 2 aliphatic rings. The summed E-state index contributed by atoms with van der Waals surface area (Å²) in [6.45, 7) is 7.07. The quantitative estimate of drug-likeness (QED) is 0.837. The molecular formula is C15H22N2. The SMILES string of the molecule is Cc1cccc(CN2CCC3NCCC3C2)c1. The first-order valence-electron chi connectivity index (χ1n) is 6.82. The number of hydrogen-bond donors (Lipinski definition) is 1. The summed E-state index contributed by atoms with van der Waals surface area (Å²) < 4.78 is 0. The molecule has 0 saturated carbocycles. The van der Waals surface area contributed by atoms with E-state index < -0.39 is 0 Å². The molecule has 3 rings (SSSR count). The Morgan fingerprint density at radius 2 is 2.29 bits per heavy atom. The second-order valence-corrected chi connectivity index (χ2v) is 5.62. The molecule has 0 spiro atoms. The van der Waals surface area contributed by atoms with E-state index in [2.05, 4.69) is 41.4 Å². The number of piperidine rings is 1. The van der Waals surface area contributed by atoms with Crippen LogP contribution < -0.4 is 5.32 Å². The van der Waals surface area contributed by atoms with Crippen molar-refractivity contribution in [3.05, 3.63) is 35.4 Å². The average molecular weight is 230 g/mol. The lowest BCUT2D eigenvalue weighted by Gasteiger charge is -2.34. The monoisotopic (exact) mass is 230 g/mol. The zero-order valence-corrected chi connectivity index (χ0v) is 10.7. The molecule has 2 heterocycles. The first-order valence-corrected chi connectivity index (χ1v) is 6.82. The number of nitrogens with zero attached hydrogens (tertiary/aromatic N) is 1. The predicted octanol–water partition coefficient (Wildman–Crippen LogP) is 2.18. The first kappa shape index (κ1) is 11.2. The molecule has 2 unspecified atom stereocenters. The Labute approximate surface area is 104 Å². The van der Waals surface area contributed by atoms with Gasteiger partial charge >= 0.3 is 0 Å². The fourth-order valence-electron chi connectivity index (χ4n) is 3.34. The lowest BCUT2D eigenvalue weighted by atomic mass is 9.93. The smallest absolute Gasteiger partial charge is 0.0233 e. The van der Waals surface area contributed by atoms with Crippen molar-refractivity contribution in [1.29, 1.82) is 0 Å². The Morgan fingerprint density at radius 3 is 3.18 bits per heavy atom. The molecule has 2 aliphatic heterocycles. The van der Waals surface area contributed by atoms with Crippen LogP contribution in [0.5, 0.6) is 0 Å². The summed E-state index contributed by atoms with van der Waals surface area (Å²) in [4.78, 5) is 2.63. The molecule has 0 aromatic heterocycles. The minimum absolute atomic E-state index is 0.809. The zero-order valence-electron chi connectivity index (χ0n) is 10.7. The molecule has 2 nitrogen and oxygen atoms in total. The number of likely N-dealkylation sites (tertiary alicyclic amines) is 1. The summed E-state index contributed by atoms with van der Waals surface area (Å²) >= 11 is 0. The van der Waals surface area contributed by atoms with Crippen LogP contribution >= 0.6 is 0 Å². The fraction of sp³-hybridized carbons (Fsp3) is 0.600. The van der Waals surface area contributed by atoms with Gasteiger partial charge in [-0.3, -0.25) is 4.90 Å². The van der Waals surface area contributed by atoms with Crippen LogP contribution in [0.2, 0.25) is 0 Å². The lowest BCUT2D eigenvalue weighted by molar-refractivity contribution is 0.156. The minimum atomic E-state index is 0.809. The van der Waals surface area contributed by atoms with Gasteiger partial charge in [-0.25, -0.2) is 0 Å². The van der Waals surface area contributed by atoms with Crippen molar-refractivity contribution in [2.75, 3.05) is 19.6 Å². The maximum absolute atomic E-state index is 3.63. The largest absolute Gasteiger partial charge is 0.314 e. The van der Waals surface area contributed by atoms with Crippen molar-refractivity contribution >= 4 is 0 Å². The number of hydrogen-bond acceptors (Lipinski definition) is 2. The third-order valence-corrected chi connectivity index (χ3v) is 4.23. The van der Waals surface area contributed by atoms with Gasteiger partial charge in [0.25, 0.3) is 0 Å². The molecule has 1 N–H and O–H groups in total. The minimum Gasteiger partial charge on any atom is -0.314 e. The molecule has 2 atom stereocenters. The standard InChI is InChI=1S/C15H22N2/c1-12-3-2-4-13(9-12)10-17-8-6-15-14(11-17)5-7-16-15/h2-4,9,14-16H,5-8,10-11H2,1H3. The van der Waals surface area contributed by atoms with E-state index in [1.165, 1.54) is 43.6 Å². The van der Waals surface area contributed by atoms with Gasteiger partial charge in [0, 0.05) is 19.1 Å². The zero-order chi connectivity index (χ0) is 11.7. The van der Waals surface area contributed by atoms with E-state index in [-0.39, 0.29) is 0 Å². The Balaban J connectivity index is 1.62. The number of aryl methyl sites for hydroxylation is 1. The second-order valence-electron chi connectivity index (χ2n) is 5.62. The lowest BCUT2D eigenvalue weighted by Crippen LogP contribution is -2.43. The highest BCUT2D eigenvalue weighted by molar-refractivity contribution is 5.22. The van der Waals surface area contributed by atoms with Gasteiger partial charge in [-0.15, -0.1) is 0 Å². The Hall–Kier alpha value is -0.860. The number of nitrogens with one attached hydrogen (secondary N) is 1. The predicted molar refractivity (Wildman–Crippen MR) is 71.0 cm³/mol. The molecule has 2 saturated heterocycles. The van der Waals surface area contributed by atoms with Crippen molar-refractivity contribution < 1.29 is 0 Å². The molecule has 2 fully saturated rings. The number of fused-ring (bicyclic) bond motifs is 1. The third-order valence-electron chi connectivity index (χ3n) is 4.23. The van der Waals surface area contributed by atoms with Crippen LogP contribution in [0.15, 0.2) is 24.3 Å². The van der Waals surface area contributed by atoms with Crippen molar-refractivity contribution in [3.63, 3.8) is 0 Å². The van der Waals surface area contributed by atoms with Crippen LogP contribution in [0.4, 0.5) is 0 Å². The molecule has 1 aromatic rings. The van der Waals surface area contributed by atoms with E-state index >= 15 is 0 Å². The molecule has 2 heteroatoms. The van der Waals surface area contributed by atoms with Crippen molar-refractivity contribution in [1.82, 2.24) is 10.2 Å². The van der Waals surface area contributed by atoms with Crippen molar-refractivity contribution in [2.24, 2.45) is 5.92 Å². The maximum atomic E-state index is 3.63. The fourth-order valence-corrected chi connectivity index (χ4v) is 3.34. The summed E-state index contributed by atoms with van der Waals surface area (Å²) in [5.41, 5.74) is 2.84. The van der Waals surface area contributed by atoms with Gasteiger partial charge in [0.1, 0.15) is 0 Å². The van der Waals surface area contributed by atoms with E-state index in [4.69, 9.17) is 0 Å². The first-order chi connectivity index (χ1) is 8.31. The Kier molecular flexibility index (Phi) is 3.17. The van der Waals surface area contributed by atoms with E-state index in [0.717, 1.165) is 18.5 Å². The number of benzene rings is 1. The molecule has 0 aliphatic carbocycles. The number of rotatable bonds is 2. The third kappa shape index (κ3) is 2.53. The highest BCUT2D eigenvalue weighted by Crippen LogP contribution is 2.25. The van der Waals surface area contributed by atoms with Gasteiger partial charge in [-0.1, -0.05) is 29.8 Å². The van der Waals surface area contributed by atoms with Gasteiger partial charge in [-0.05, 0) is 44.3 Å². The normalized spacial score (nSPS) is 29.2. The molecule has 92 valence electrons. The summed E-state index contributed by atoms with van der Waals surface area (Å²) in [6, 6.07) is 9.74. The van der Waals surface area contributed by atoms with Crippen LogP contribution in [-0.4, -0.2) is 30.6 Å². The van der Waals surface area contributed by atoms with Crippen molar-refractivity contribution in [3.8, 4) is 0 Å². The van der Waals surface area contributed by atoms with Gasteiger partial charge < -0.3 is 5.32 Å². The van der Waals surface area contributed by atoms with Crippen molar-refractivity contribution in [2.45, 2.75) is 32.4 Å². The molecule has 1 aromatic carbocycles. The van der Waals surface area contributed by atoms with Gasteiger partial charge in [-0.2, -0.15) is 0 Å². The highest BCUT2D eigenvalue weighted by Gasteiger charge is 2.32. The summed E-state index contributed by atoms with van der Waals surface area (Å²) in [5.74, 6) is 0.897. The molecule has 0 radical (unpaired) electrons. The van der Waals surface area contributed by atoms with E-state index in [0.29, 0.717) is 0 Å². The summed E-state index contributed by atoms with van der Waals surface area (Å²) in [5, 5.41) is 3.63. The van der Waals surface area contributed by atoms with Gasteiger partial charge in [0.2, 0.25) is 0 Å². The molecular weight excluding hydrogens is 208 g/mol. The molecule has 0 amide bonds. The van der Waals surface area contributed by atoms with E-state index in [1.54, 1.807) is 0 Å². The van der Waals surface area contributed by atoms with E-state index in [1.807, 2.05) is 0 Å². The van der Waals surface area contributed by atoms with Crippen LogP contribution in [0, 0.1) is 12.8 Å². The second kappa shape index (κ2) is 4.79. The highest BCUT2D eigenvalue weighted by atomic mass is 15.2. The van der Waals surface area contributed by atoms with E-state index in [9.17, 15) is 0 Å². The molecule has 0 bridgehead atoms. The van der Waals surface area contributed by atoms with Crippen LogP contribution in [0.25, 0.3) is 0 Å². The van der Waals surface area contributed by atoms with Gasteiger partial charge in [0.05, 0.1) is 0 Å².